The predicted octanol–water partition coefficient (Wildman–Crippen LogP) is 2.14. The Kier molecular flexibility index (Phi) is 4.90. The number of likely N-dealkylation sites (tertiary alicyclic amines) is 1. The monoisotopic (exact) mass is 319 g/mol. The maximum Gasteiger partial charge on any atom is 0.0945 e. The van der Waals surface area contributed by atoms with Crippen LogP contribution in [0.1, 0.15) is 22.7 Å². The first-order valence-electron chi connectivity index (χ1n) is 7.87. The molecular weight excluding hydrogens is 294 g/mol. The summed E-state index contributed by atoms with van der Waals surface area (Å²) in [6.45, 7) is 7.70. The second-order valence-corrected chi connectivity index (χ2v) is 7.38. The van der Waals surface area contributed by atoms with E-state index >= 15 is 0 Å². The van der Waals surface area contributed by atoms with Gasteiger partial charge in [0.2, 0.25) is 0 Å². The molecule has 2 aromatic heterocycles. The van der Waals surface area contributed by atoms with Crippen LogP contribution < -0.4 is 0 Å². The van der Waals surface area contributed by atoms with Crippen molar-refractivity contribution in [2.24, 2.45) is 13.0 Å². The molecule has 1 fully saturated rings. The fourth-order valence-corrected chi connectivity index (χ4v) is 4.06. The van der Waals surface area contributed by atoms with Crippen LogP contribution in [0.15, 0.2) is 18.0 Å². The maximum atomic E-state index is 4.34. The lowest BCUT2D eigenvalue weighted by Crippen LogP contribution is -2.28. The molecule has 1 atom stereocenters. The molecule has 6 heteroatoms. The van der Waals surface area contributed by atoms with Gasteiger partial charge in [-0.05, 0) is 32.9 Å². The number of nitrogens with zero attached hydrogens (tertiary/aromatic N) is 5. The number of imidazole rings is 1. The summed E-state index contributed by atoms with van der Waals surface area (Å²) in [5.41, 5.74) is 4.43. The predicted molar refractivity (Wildman–Crippen MR) is 89.8 cm³/mol. The summed E-state index contributed by atoms with van der Waals surface area (Å²) in [5.74, 6) is 0.770. The van der Waals surface area contributed by atoms with Gasteiger partial charge in [0.15, 0.2) is 0 Å². The first kappa shape index (κ1) is 15.6. The van der Waals surface area contributed by atoms with Crippen LogP contribution in [0.4, 0.5) is 0 Å². The van der Waals surface area contributed by atoms with Crippen molar-refractivity contribution in [2.75, 3.05) is 26.7 Å². The summed E-state index contributed by atoms with van der Waals surface area (Å²) in [7, 11) is 4.30. The van der Waals surface area contributed by atoms with Crippen LogP contribution in [0.3, 0.4) is 0 Å². The zero-order chi connectivity index (χ0) is 15.5. The quantitative estimate of drug-likeness (QED) is 0.817. The molecule has 0 saturated carbocycles. The van der Waals surface area contributed by atoms with Crippen LogP contribution in [-0.4, -0.2) is 51.0 Å². The fraction of sp³-hybridized carbons (Fsp3) is 0.625. The van der Waals surface area contributed by atoms with Crippen molar-refractivity contribution in [3.05, 3.63) is 34.3 Å². The van der Waals surface area contributed by atoms with Crippen LogP contribution in [0.2, 0.25) is 0 Å². The van der Waals surface area contributed by atoms with E-state index in [1.54, 1.807) is 11.3 Å². The third kappa shape index (κ3) is 3.74. The topological polar surface area (TPSA) is 37.2 Å². The van der Waals surface area contributed by atoms with E-state index in [4.69, 9.17) is 0 Å². The molecule has 120 valence electrons. The lowest BCUT2D eigenvalue weighted by atomic mass is 10.1. The van der Waals surface area contributed by atoms with E-state index < -0.39 is 0 Å². The summed E-state index contributed by atoms with van der Waals surface area (Å²) in [6.07, 6.45) is 5.16. The van der Waals surface area contributed by atoms with Gasteiger partial charge in [-0.25, -0.2) is 9.97 Å². The fourth-order valence-electron chi connectivity index (χ4n) is 3.20. The first-order chi connectivity index (χ1) is 10.6. The molecule has 1 aliphatic heterocycles. The normalized spacial score (nSPS) is 19.4. The van der Waals surface area contributed by atoms with E-state index in [1.807, 2.05) is 18.0 Å². The van der Waals surface area contributed by atoms with E-state index in [1.165, 1.54) is 42.3 Å². The molecule has 0 aromatic carbocycles. The molecule has 0 amide bonds. The van der Waals surface area contributed by atoms with Crippen molar-refractivity contribution >= 4 is 11.3 Å². The summed E-state index contributed by atoms with van der Waals surface area (Å²) in [5, 5.41) is 0. The number of hydrogen-bond acceptors (Lipinski definition) is 5. The third-order valence-corrected chi connectivity index (χ3v) is 5.42. The van der Waals surface area contributed by atoms with Gasteiger partial charge in [0, 0.05) is 44.3 Å². The highest BCUT2D eigenvalue weighted by molar-refractivity contribution is 7.09. The Morgan fingerprint density at radius 3 is 3.00 bits per heavy atom. The molecule has 3 heterocycles. The number of hydrogen-bond donors (Lipinski definition) is 0. The standard InChI is InChI=1S/C16H25N5S/c1-13-16(22-12-18-13)10-19(2)7-14-4-5-21(8-14)9-15-6-17-11-20(15)3/h6,11-12,14H,4-5,7-10H2,1-3H3/t14-/m0/s1. The first-order valence-corrected chi connectivity index (χ1v) is 8.75. The van der Waals surface area contributed by atoms with Crippen LogP contribution in [0.25, 0.3) is 0 Å². The Morgan fingerprint density at radius 2 is 2.32 bits per heavy atom. The van der Waals surface area contributed by atoms with Gasteiger partial charge in [-0.2, -0.15) is 0 Å². The van der Waals surface area contributed by atoms with Crippen LogP contribution >= 0.6 is 11.3 Å². The van der Waals surface area contributed by atoms with Gasteiger partial charge >= 0.3 is 0 Å². The van der Waals surface area contributed by atoms with E-state index in [9.17, 15) is 0 Å². The van der Waals surface area contributed by atoms with E-state index in [0.717, 1.165) is 19.0 Å². The largest absolute Gasteiger partial charge is 0.337 e. The minimum absolute atomic E-state index is 0.770. The highest BCUT2D eigenvalue weighted by atomic mass is 32.1. The molecule has 0 radical (unpaired) electrons. The minimum Gasteiger partial charge on any atom is -0.337 e. The lowest BCUT2D eigenvalue weighted by molar-refractivity contribution is 0.254. The minimum atomic E-state index is 0.770. The second kappa shape index (κ2) is 6.89. The Morgan fingerprint density at radius 1 is 1.45 bits per heavy atom. The average molecular weight is 319 g/mol. The summed E-state index contributed by atoms with van der Waals surface area (Å²) in [4.78, 5) is 14.9. The molecule has 0 bridgehead atoms. The Labute approximate surface area is 136 Å². The molecule has 1 saturated heterocycles. The Bertz CT molecular complexity index is 605. The summed E-state index contributed by atoms with van der Waals surface area (Å²) in [6, 6.07) is 0. The van der Waals surface area contributed by atoms with Crippen LogP contribution in [-0.2, 0) is 20.1 Å². The molecule has 0 spiro atoms. The Balaban J connectivity index is 1.46. The number of aryl methyl sites for hydroxylation is 2. The molecule has 2 aromatic rings. The zero-order valence-electron chi connectivity index (χ0n) is 13.7. The maximum absolute atomic E-state index is 4.34. The zero-order valence-corrected chi connectivity index (χ0v) is 14.5. The van der Waals surface area contributed by atoms with Crippen LogP contribution in [0.5, 0.6) is 0 Å². The third-order valence-electron chi connectivity index (χ3n) is 4.50. The highest BCUT2D eigenvalue weighted by Gasteiger charge is 2.24. The van der Waals surface area contributed by atoms with Gasteiger partial charge in [0.25, 0.3) is 0 Å². The van der Waals surface area contributed by atoms with Crippen molar-refractivity contribution < 1.29 is 0 Å². The number of thiazole rings is 1. The van der Waals surface area contributed by atoms with Gasteiger partial charge in [-0.3, -0.25) is 4.90 Å². The number of rotatable bonds is 6. The average Bonchev–Trinajstić information content (AvgIpc) is 3.17. The highest BCUT2D eigenvalue weighted by Crippen LogP contribution is 2.21. The van der Waals surface area contributed by atoms with Gasteiger partial charge < -0.3 is 9.47 Å². The SMILES string of the molecule is Cc1ncsc1CN(C)C[C@@H]1CCN(Cc2cncn2C)C1. The van der Waals surface area contributed by atoms with Crippen molar-refractivity contribution in [1.82, 2.24) is 24.3 Å². The molecule has 0 unspecified atom stereocenters. The van der Waals surface area contributed by atoms with E-state index in [2.05, 4.69) is 45.4 Å². The van der Waals surface area contributed by atoms with Crippen molar-refractivity contribution in [3.8, 4) is 0 Å². The molecular formula is C16H25N5S. The van der Waals surface area contributed by atoms with Gasteiger partial charge in [-0.15, -0.1) is 11.3 Å². The smallest absolute Gasteiger partial charge is 0.0945 e. The molecule has 3 rings (SSSR count). The number of aromatic nitrogens is 3. The molecule has 0 aliphatic carbocycles. The molecule has 5 nitrogen and oxygen atoms in total. The van der Waals surface area contributed by atoms with Crippen molar-refractivity contribution in [2.45, 2.75) is 26.4 Å². The molecule has 1 aliphatic rings. The van der Waals surface area contributed by atoms with Crippen molar-refractivity contribution in [3.63, 3.8) is 0 Å². The van der Waals surface area contributed by atoms with Crippen LogP contribution in [0, 0.1) is 12.8 Å². The summed E-state index contributed by atoms with van der Waals surface area (Å²) < 4.78 is 2.12. The summed E-state index contributed by atoms with van der Waals surface area (Å²) >= 11 is 1.77. The molecule has 22 heavy (non-hydrogen) atoms. The van der Waals surface area contributed by atoms with Crippen molar-refractivity contribution in [1.29, 1.82) is 0 Å². The van der Waals surface area contributed by atoms with Gasteiger partial charge in [-0.1, -0.05) is 0 Å². The van der Waals surface area contributed by atoms with Gasteiger partial charge in [0.05, 0.1) is 23.2 Å². The Hall–Kier alpha value is -1.24. The lowest BCUT2D eigenvalue weighted by Gasteiger charge is -2.21. The second-order valence-electron chi connectivity index (χ2n) is 6.44. The van der Waals surface area contributed by atoms with Gasteiger partial charge in [0.1, 0.15) is 0 Å². The van der Waals surface area contributed by atoms with E-state index in [-0.39, 0.29) is 0 Å². The molecule has 0 N–H and O–H groups in total. The van der Waals surface area contributed by atoms with E-state index in [0.29, 0.717) is 0 Å².